The highest BCUT2D eigenvalue weighted by atomic mass is 16.3. The van der Waals surface area contributed by atoms with Gasteiger partial charge in [0, 0.05) is 6.54 Å². The van der Waals surface area contributed by atoms with Gasteiger partial charge in [0.15, 0.2) is 0 Å². The van der Waals surface area contributed by atoms with Crippen molar-refractivity contribution in [1.82, 2.24) is 10.6 Å². The standard InChI is InChI=1S/C10H22N2O/c1-2-6-12-9-10(13)4-3-7-11-8-5-10/h11-13H,2-9H2,1H3. The smallest absolute Gasteiger partial charge is 0.0784 e. The van der Waals surface area contributed by atoms with E-state index in [1.54, 1.807) is 0 Å². The normalized spacial score (nSPS) is 30.0. The summed E-state index contributed by atoms with van der Waals surface area (Å²) < 4.78 is 0. The van der Waals surface area contributed by atoms with Gasteiger partial charge >= 0.3 is 0 Å². The zero-order valence-electron chi connectivity index (χ0n) is 8.60. The molecule has 1 atom stereocenters. The fourth-order valence-electron chi connectivity index (χ4n) is 1.79. The molecule has 3 heteroatoms. The molecular weight excluding hydrogens is 164 g/mol. The molecule has 0 aliphatic carbocycles. The highest BCUT2D eigenvalue weighted by Crippen LogP contribution is 2.18. The Kier molecular flexibility index (Phi) is 4.70. The second kappa shape index (κ2) is 5.58. The second-order valence-electron chi connectivity index (χ2n) is 4.00. The molecule has 1 aliphatic rings. The van der Waals surface area contributed by atoms with Crippen LogP contribution in [-0.4, -0.2) is 36.9 Å². The van der Waals surface area contributed by atoms with Gasteiger partial charge in [-0.25, -0.2) is 0 Å². The Balaban J connectivity index is 2.25. The molecule has 78 valence electrons. The van der Waals surface area contributed by atoms with Crippen molar-refractivity contribution in [2.24, 2.45) is 0 Å². The third-order valence-corrected chi connectivity index (χ3v) is 2.64. The number of nitrogens with one attached hydrogen (secondary N) is 2. The summed E-state index contributed by atoms with van der Waals surface area (Å²) in [6.45, 7) is 5.91. The lowest BCUT2D eigenvalue weighted by molar-refractivity contribution is 0.0287. The van der Waals surface area contributed by atoms with Crippen LogP contribution in [0.1, 0.15) is 32.6 Å². The highest BCUT2D eigenvalue weighted by Gasteiger charge is 2.26. The van der Waals surface area contributed by atoms with E-state index >= 15 is 0 Å². The van der Waals surface area contributed by atoms with Crippen LogP contribution in [0.5, 0.6) is 0 Å². The summed E-state index contributed by atoms with van der Waals surface area (Å²) in [5.74, 6) is 0. The topological polar surface area (TPSA) is 44.3 Å². The first kappa shape index (κ1) is 11.0. The lowest BCUT2D eigenvalue weighted by Crippen LogP contribution is -2.41. The molecule has 0 amide bonds. The van der Waals surface area contributed by atoms with E-state index in [9.17, 15) is 5.11 Å². The van der Waals surface area contributed by atoms with Crippen LogP contribution in [0.25, 0.3) is 0 Å². The van der Waals surface area contributed by atoms with Gasteiger partial charge in [0.25, 0.3) is 0 Å². The Labute approximate surface area is 80.9 Å². The van der Waals surface area contributed by atoms with Crippen LogP contribution in [0.3, 0.4) is 0 Å². The van der Waals surface area contributed by atoms with Crippen LogP contribution in [0.2, 0.25) is 0 Å². The first-order valence-electron chi connectivity index (χ1n) is 5.41. The quantitative estimate of drug-likeness (QED) is 0.560. The lowest BCUT2D eigenvalue weighted by Gasteiger charge is -2.26. The summed E-state index contributed by atoms with van der Waals surface area (Å²) in [7, 11) is 0. The van der Waals surface area contributed by atoms with Crippen LogP contribution in [0.15, 0.2) is 0 Å². The maximum atomic E-state index is 10.2. The van der Waals surface area contributed by atoms with E-state index in [4.69, 9.17) is 0 Å². The minimum Gasteiger partial charge on any atom is -0.389 e. The van der Waals surface area contributed by atoms with Crippen molar-refractivity contribution >= 4 is 0 Å². The maximum Gasteiger partial charge on any atom is 0.0784 e. The maximum absolute atomic E-state index is 10.2. The third-order valence-electron chi connectivity index (χ3n) is 2.64. The predicted molar refractivity (Wildman–Crippen MR) is 54.8 cm³/mol. The van der Waals surface area contributed by atoms with Gasteiger partial charge in [-0.15, -0.1) is 0 Å². The number of aliphatic hydroxyl groups is 1. The molecule has 0 aromatic heterocycles. The average molecular weight is 186 g/mol. The van der Waals surface area contributed by atoms with Crippen molar-refractivity contribution in [2.45, 2.75) is 38.2 Å². The van der Waals surface area contributed by atoms with Crippen LogP contribution < -0.4 is 10.6 Å². The fourth-order valence-corrected chi connectivity index (χ4v) is 1.79. The minimum absolute atomic E-state index is 0.460. The van der Waals surface area contributed by atoms with Crippen LogP contribution in [0.4, 0.5) is 0 Å². The van der Waals surface area contributed by atoms with Gasteiger partial charge in [0.1, 0.15) is 0 Å². The molecule has 0 aromatic rings. The molecule has 0 radical (unpaired) electrons. The molecule has 13 heavy (non-hydrogen) atoms. The van der Waals surface area contributed by atoms with Crippen LogP contribution in [-0.2, 0) is 0 Å². The van der Waals surface area contributed by atoms with E-state index in [2.05, 4.69) is 17.6 Å². The molecule has 0 spiro atoms. The molecule has 3 nitrogen and oxygen atoms in total. The van der Waals surface area contributed by atoms with Crippen molar-refractivity contribution < 1.29 is 5.11 Å². The van der Waals surface area contributed by atoms with E-state index in [1.807, 2.05) is 0 Å². The van der Waals surface area contributed by atoms with E-state index in [-0.39, 0.29) is 0 Å². The Bertz CT molecular complexity index is 131. The van der Waals surface area contributed by atoms with Gasteiger partial charge in [-0.1, -0.05) is 6.92 Å². The summed E-state index contributed by atoms with van der Waals surface area (Å²) in [6, 6.07) is 0. The zero-order chi connectivity index (χ0) is 9.57. The largest absolute Gasteiger partial charge is 0.389 e. The van der Waals surface area contributed by atoms with Gasteiger partial charge in [-0.05, 0) is 45.3 Å². The fraction of sp³-hybridized carbons (Fsp3) is 1.00. The van der Waals surface area contributed by atoms with Gasteiger partial charge in [-0.3, -0.25) is 0 Å². The molecule has 0 aromatic carbocycles. The van der Waals surface area contributed by atoms with Crippen molar-refractivity contribution in [2.75, 3.05) is 26.2 Å². The predicted octanol–water partition coefficient (Wildman–Crippen LogP) is 0.491. The molecule has 1 heterocycles. The summed E-state index contributed by atoms with van der Waals surface area (Å²) in [6.07, 6.45) is 4.03. The molecule has 1 saturated heterocycles. The summed E-state index contributed by atoms with van der Waals surface area (Å²) in [5, 5.41) is 16.8. The number of hydrogen-bond donors (Lipinski definition) is 3. The van der Waals surface area contributed by atoms with Crippen molar-refractivity contribution in [3.05, 3.63) is 0 Å². The van der Waals surface area contributed by atoms with Gasteiger partial charge in [0.2, 0.25) is 0 Å². The Morgan fingerprint density at radius 1 is 1.38 bits per heavy atom. The SMILES string of the molecule is CCCNCC1(O)CCCNCC1. The molecule has 3 N–H and O–H groups in total. The van der Waals surface area contributed by atoms with Gasteiger partial charge in [0.05, 0.1) is 5.60 Å². The Morgan fingerprint density at radius 2 is 2.23 bits per heavy atom. The third kappa shape index (κ3) is 4.07. The van der Waals surface area contributed by atoms with E-state index in [1.165, 1.54) is 0 Å². The number of hydrogen-bond acceptors (Lipinski definition) is 3. The van der Waals surface area contributed by atoms with E-state index < -0.39 is 5.60 Å². The lowest BCUT2D eigenvalue weighted by atomic mass is 9.95. The van der Waals surface area contributed by atoms with Gasteiger partial charge in [-0.2, -0.15) is 0 Å². The monoisotopic (exact) mass is 186 g/mol. The zero-order valence-corrected chi connectivity index (χ0v) is 8.60. The van der Waals surface area contributed by atoms with Crippen LogP contribution >= 0.6 is 0 Å². The molecular formula is C10H22N2O. The summed E-state index contributed by atoms with van der Waals surface area (Å²) in [4.78, 5) is 0. The highest BCUT2D eigenvalue weighted by molar-refractivity contribution is 4.84. The van der Waals surface area contributed by atoms with Crippen molar-refractivity contribution in [1.29, 1.82) is 0 Å². The molecule has 1 aliphatic heterocycles. The minimum atomic E-state index is -0.460. The Morgan fingerprint density at radius 3 is 3.00 bits per heavy atom. The van der Waals surface area contributed by atoms with Gasteiger partial charge < -0.3 is 15.7 Å². The first-order chi connectivity index (χ1) is 6.27. The van der Waals surface area contributed by atoms with Crippen molar-refractivity contribution in [3.8, 4) is 0 Å². The first-order valence-corrected chi connectivity index (χ1v) is 5.41. The molecule has 1 fully saturated rings. The summed E-state index contributed by atoms with van der Waals surface area (Å²) >= 11 is 0. The van der Waals surface area contributed by atoms with Crippen LogP contribution in [0, 0.1) is 0 Å². The van der Waals surface area contributed by atoms with E-state index in [0.717, 1.165) is 51.9 Å². The molecule has 1 rings (SSSR count). The molecule has 0 saturated carbocycles. The second-order valence-corrected chi connectivity index (χ2v) is 4.00. The molecule has 1 unspecified atom stereocenters. The van der Waals surface area contributed by atoms with Crippen molar-refractivity contribution in [3.63, 3.8) is 0 Å². The summed E-state index contributed by atoms with van der Waals surface area (Å²) in [5.41, 5.74) is -0.460. The number of rotatable bonds is 4. The average Bonchev–Trinajstić information content (AvgIpc) is 2.31. The van der Waals surface area contributed by atoms with E-state index in [0.29, 0.717) is 0 Å². The Hall–Kier alpha value is -0.120. The molecule has 0 bridgehead atoms.